The summed E-state index contributed by atoms with van der Waals surface area (Å²) in [6.07, 6.45) is 2.02. The molecule has 124 valence electrons. The van der Waals surface area contributed by atoms with Crippen molar-refractivity contribution in [2.24, 2.45) is 5.92 Å². The van der Waals surface area contributed by atoms with Crippen molar-refractivity contribution in [2.75, 3.05) is 31.9 Å². The molecule has 1 aromatic rings. The number of hydrogen-bond acceptors (Lipinski definition) is 3. The Balaban J connectivity index is 1.44. The zero-order valence-corrected chi connectivity index (χ0v) is 14.0. The third-order valence-corrected chi connectivity index (χ3v) is 5.55. The number of piperazine rings is 1. The molecule has 0 bridgehead atoms. The molecule has 1 aliphatic heterocycles. The number of rotatable bonds is 5. The maximum Gasteiger partial charge on any atom is 0.235 e. The highest BCUT2D eigenvalue weighted by atomic mass is 32.2. The molecule has 6 heteroatoms. The van der Waals surface area contributed by atoms with Gasteiger partial charge in [-0.05, 0) is 18.4 Å². The highest BCUT2D eigenvalue weighted by molar-refractivity contribution is 7.84. The van der Waals surface area contributed by atoms with Crippen LogP contribution in [0.15, 0.2) is 30.3 Å². The number of carbonyl (C=O) groups is 2. The lowest BCUT2D eigenvalue weighted by Gasteiger charge is -2.34. The topological polar surface area (TPSA) is 57.7 Å². The van der Waals surface area contributed by atoms with Crippen LogP contribution in [0.2, 0.25) is 0 Å². The van der Waals surface area contributed by atoms with Gasteiger partial charge in [-0.1, -0.05) is 30.3 Å². The van der Waals surface area contributed by atoms with Crippen molar-refractivity contribution in [1.82, 2.24) is 9.80 Å². The van der Waals surface area contributed by atoms with Crippen LogP contribution in [0.1, 0.15) is 18.4 Å². The molecule has 5 nitrogen and oxygen atoms in total. The van der Waals surface area contributed by atoms with Crippen molar-refractivity contribution < 1.29 is 13.8 Å². The van der Waals surface area contributed by atoms with Gasteiger partial charge in [-0.2, -0.15) is 0 Å². The molecule has 1 aliphatic carbocycles. The van der Waals surface area contributed by atoms with Gasteiger partial charge in [-0.15, -0.1) is 0 Å². The van der Waals surface area contributed by atoms with Crippen LogP contribution >= 0.6 is 0 Å². The molecule has 0 N–H and O–H groups in total. The maximum atomic E-state index is 12.3. The average Bonchev–Trinajstić information content (AvgIpc) is 3.40. The van der Waals surface area contributed by atoms with Crippen molar-refractivity contribution in [3.05, 3.63) is 35.9 Å². The summed E-state index contributed by atoms with van der Waals surface area (Å²) < 4.78 is 12.1. The Bertz CT molecular complexity index is 593. The SMILES string of the molecule is O=C(C[S@](=O)Cc1ccccc1)N1CCN(C(=O)C2CC2)CC1. The van der Waals surface area contributed by atoms with Gasteiger partial charge in [0.2, 0.25) is 11.8 Å². The van der Waals surface area contributed by atoms with Gasteiger partial charge < -0.3 is 9.80 Å². The largest absolute Gasteiger partial charge is 0.339 e. The fraction of sp³-hybridized carbons (Fsp3) is 0.529. The molecule has 3 rings (SSSR count). The molecule has 2 amide bonds. The van der Waals surface area contributed by atoms with Gasteiger partial charge >= 0.3 is 0 Å². The van der Waals surface area contributed by atoms with Gasteiger partial charge in [0, 0.05) is 48.6 Å². The molecule has 0 aromatic heterocycles. The van der Waals surface area contributed by atoms with Crippen molar-refractivity contribution in [1.29, 1.82) is 0 Å². The van der Waals surface area contributed by atoms with Crippen LogP contribution in [0.4, 0.5) is 0 Å². The quantitative estimate of drug-likeness (QED) is 0.808. The van der Waals surface area contributed by atoms with Gasteiger partial charge in [-0.3, -0.25) is 13.8 Å². The summed E-state index contributed by atoms with van der Waals surface area (Å²) in [5, 5.41) is 0. The van der Waals surface area contributed by atoms with E-state index >= 15 is 0 Å². The highest BCUT2D eigenvalue weighted by Crippen LogP contribution is 2.31. The Labute approximate surface area is 139 Å². The fourth-order valence-electron chi connectivity index (χ4n) is 2.80. The Kier molecular flexibility index (Phi) is 5.10. The summed E-state index contributed by atoms with van der Waals surface area (Å²) in [5.41, 5.74) is 0.985. The zero-order chi connectivity index (χ0) is 16.2. The van der Waals surface area contributed by atoms with E-state index in [1.807, 2.05) is 35.2 Å². The van der Waals surface area contributed by atoms with Crippen LogP contribution < -0.4 is 0 Å². The lowest BCUT2D eigenvalue weighted by atomic mass is 10.2. The van der Waals surface area contributed by atoms with Crippen LogP contribution in [-0.2, 0) is 26.1 Å². The third kappa shape index (κ3) is 4.41. The second kappa shape index (κ2) is 7.25. The molecular formula is C17H22N2O3S. The summed E-state index contributed by atoms with van der Waals surface area (Å²) in [4.78, 5) is 27.8. The van der Waals surface area contributed by atoms with Gasteiger partial charge in [0.25, 0.3) is 0 Å². The fourth-order valence-corrected chi connectivity index (χ4v) is 3.93. The van der Waals surface area contributed by atoms with E-state index in [1.165, 1.54) is 0 Å². The van der Waals surface area contributed by atoms with Crippen LogP contribution in [0.25, 0.3) is 0 Å². The minimum atomic E-state index is -1.19. The summed E-state index contributed by atoms with van der Waals surface area (Å²) in [7, 11) is -1.19. The Morgan fingerprint density at radius 3 is 2.22 bits per heavy atom. The van der Waals surface area contributed by atoms with Crippen LogP contribution in [0, 0.1) is 5.92 Å². The minimum Gasteiger partial charge on any atom is -0.339 e. The monoisotopic (exact) mass is 334 g/mol. The van der Waals surface area contributed by atoms with Crippen molar-refractivity contribution in [2.45, 2.75) is 18.6 Å². The van der Waals surface area contributed by atoms with Crippen molar-refractivity contribution in [3.8, 4) is 0 Å². The highest BCUT2D eigenvalue weighted by Gasteiger charge is 2.35. The molecule has 0 spiro atoms. The first kappa shape index (κ1) is 16.2. The average molecular weight is 334 g/mol. The molecule has 1 heterocycles. The summed E-state index contributed by atoms with van der Waals surface area (Å²) >= 11 is 0. The van der Waals surface area contributed by atoms with E-state index in [-0.39, 0.29) is 23.5 Å². The molecule has 1 saturated carbocycles. The van der Waals surface area contributed by atoms with E-state index in [0.29, 0.717) is 31.9 Å². The van der Waals surface area contributed by atoms with Gasteiger partial charge in [0.05, 0.1) is 0 Å². The molecule has 1 saturated heterocycles. The molecule has 23 heavy (non-hydrogen) atoms. The van der Waals surface area contributed by atoms with Gasteiger partial charge in [0.1, 0.15) is 5.75 Å². The Hall–Kier alpha value is -1.69. The predicted octanol–water partition coefficient (Wildman–Crippen LogP) is 1.02. The van der Waals surface area contributed by atoms with E-state index < -0.39 is 10.8 Å². The van der Waals surface area contributed by atoms with Crippen LogP contribution in [0.3, 0.4) is 0 Å². The van der Waals surface area contributed by atoms with E-state index in [2.05, 4.69) is 0 Å². The Morgan fingerprint density at radius 2 is 1.61 bits per heavy atom. The molecule has 1 atom stereocenters. The van der Waals surface area contributed by atoms with E-state index in [4.69, 9.17) is 0 Å². The third-order valence-electron chi connectivity index (χ3n) is 4.33. The van der Waals surface area contributed by atoms with Crippen molar-refractivity contribution >= 4 is 22.6 Å². The standard InChI is InChI=1S/C17H22N2O3S/c20-16(13-23(22)12-14-4-2-1-3-5-14)18-8-10-19(11-9-18)17(21)15-6-7-15/h1-5,15H,6-13H2/t23-/m1/s1. The number of carbonyl (C=O) groups excluding carboxylic acids is 2. The zero-order valence-electron chi connectivity index (χ0n) is 13.1. The molecule has 0 radical (unpaired) electrons. The molecule has 0 unspecified atom stereocenters. The summed E-state index contributed by atoms with van der Waals surface area (Å²) in [6, 6.07) is 9.57. The molecule has 2 aliphatic rings. The minimum absolute atomic E-state index is 0.0610. The second-order valence-electron chi connectivity index (χ2n) is 6.19. The van der Waals surface area contributed by atoms with Crippen LogP contribution in [-0.4, -0.2) is 57.8 Å². The smallest absolute Gasteiger partial charge is 0.235 e. The summed E-state index contributed by atoms with van der Waals surface area (Å²) in [5.74, 6) is 0.871. The van der Waals surface area contributed by atoms with Gasteiger partial charge in [-0.25, -0.2) is 0 Å². The second-order valence-corrected chi connectivity index (χ2v) is 7.65. The molecular weight excluding hydrogens is 312 g/mol. The first-order valence-electron chi connectivity index (χ1n) is 8.09. The number of benzene rings is 1. The predicted molar refractivity (Wildman–Crippen MR) is 89.0 cm³/mol. The lowest BCUT2D eigenvalue weighted by molar-refractivity contribution is -0.139. The molecule has 2 fully saturated rings. The number of hydrogen-bond donors (Lipinski definition) is 0. The number of nitrogens with zero attached hydrogens (tertiary/aromatic N) is 2. The van der Waals surface area contributed by atoms with E-state index in [9.17, 15) is 13.8 Å². The maximum absolute atomic E-state index is 12.3. The molecule has 1 aromatic carbocycles. The van der Waals surface area contributed by atoms with Crippen LogP contribution in [0.5, 0.6) is 0 Å². The van der Waals surface area contributed by atoms with Crippen molar-refractivity contribution in [3.63, 3.8) is 0 Å². The van der Waals surface area contributed by atoms with E-state index in [0.717, 1.165) is 18.4 Å². The summed E-state index contributed by atoms with van der Waals surface area (Å²) in [6.45, 7) is 2.32. The normalized spacial score (nSPS) is 19.5. The lowest BCUT2D eigenvalue weighted by Crippen LogP contribution is -2.51. The first-order valence-corrected chi connectivity index (χ1v) is 9.58. The van der Waals surface area contributed by atoms with E-state index in [1.54, 1.807) is 4.90 Å². The van der Waals surface area contributed by atoms with Gasteiger partial charge in [0.15, 0.2) is 0 Å². The Morgan fingerprint density at radius 1 is 1.00 bits per heavy atom. The first-order chi connectivity index (χ1) is 11.1. The number of amides is 2.